The molecule has 0 saturated heterocycles. The van der Waals surface area contributed by atoms with Crippen molar-refractivity contribution in [2.75, 3.05) is 13.7 Å². The minimum absolute atomic E-state index is 0.254. The largest absolute Gasteiger partial charge is 0.497 e. The smallest absolute Gasteiger partial charge is 0.227 e. The first-order valence-electron chi connectivity index (χ1n) is 6.67. The van der Waals surface area contributed by atoms with Crippen molar-refractivity contribution in [1.29, 1.82) is 0 Å². The highest BCUT2D eigenvalue weighted by Crippen LogP contribution is 2.27. The number of nitrogens with zero attached hydrogens (tertiary/aromatic N) is 1. The first-order chi connectivity index (χ1) is 8.74. The monoisotopic (exact) mass is 247 g/mol. The summed E-state index contributed by atoms with van der Waals surface area (Å²) in [6, 6.07) is 8.26. The molecule has 1 saturated carbocycles. The van der Waals surface area contributed by atoms with Gasteiger partial charge < -0.3 is 9.64 Å². The minimum Gasteiger partial charge on any atom is -0.497 e. The van der Waals surface area contributed by atoms with E-state index in [9.17, 15) is 4.79 Å². The Bertz CT molecular complexity index is 395. The van der Waals surface area contributed by atoms with Crippen molar-refractivity contribution in [3.05, 3.63) is 29.8 Å². The van der Waals surface area contributed by atoms with Gasteiger partial charge in [0.1, 0.15) is 5.75 Å². The number of ether oxygens (including phenoxy) is 1. The maximum absolute atomic E-state index is 12.2. The molecule has 0 unspecified atom stereocenters. The molecule has 0 heterocycles. The van der Waals surface area contributed by atoms with E-state index in [4.69, 9.17) is 4.74 Å². The molecule has 1 aliphatic rings. The lowest BCUT2D eigenvalue weighted by molar-refractivity contribution is -0.131. The van der Waals surface area contributed by atoms with Gasteiger partial charge in [0.2, 0.25) is 5.91 Å². The highest BCUT2D eigenvalue weighted by molar-refractivity contribution is 5.79. The van der Waals surface area contributed by atoms with Crippen LogP contribution in [-0.4, -0.2) is 30.5 Å². The third kappa shape index (κ3) is 3.25. The Hall–Kier alpha value is -1.51. The predicted molar refractivity (Wildman–Crippen MR) is 71.7 cm³/mol. The summed E-state index contributed by atoms with van der Waals surface area (Å²) in [4.78, 5) is 14.3. The van der Waals surface area contributed by atoms with E-state index in [0.29, 0.717) is 12.5 Å². The van der Waals surface area contributed by atoms with Gasteiger partial charge in [-0.2, -0.15) is 0 Å². The quantitative estimate of drug-likeness (QED) is 0.773. The molecule has 1 aliphatic carbocycles. The molecule has 98 valence electrons. The summed E-state index contributed by atoms with van der Waals surface area (Å²) in [5.74, 6) is 1.09. The number of carbonyl (C=O) groups is 1. The lowest BCUT2D eigenvalue weighted by atomic mass is 10.1. The standard InChI is InChI=1S/C15H21NO2/c1-3-10-16(13-6-7-13)15(17)11-12-4-8-14(18-2)9-5-12/h4-5,8-9,13H,3,6-7,10-11H2,1-2H3. The number of carbonyl (C=O) groups excluding carboxylic acids is 1. The van der Waals surface area contributed by atoms with Crippen LogP contribution in [0.15, 0.2) is 24.3 Å². The molecular formula is C15H21NO2. The van der Waals surface area contributed by atoms with E-state index in [0.717, 1.165) is 24.3 Å². The van der Waals surface area contributed by atoms with E-state index >= 15 is 0 Å². The molecule has 1 aromatic carbocycles. The summed E-state index contributed by atoms with van der Waals surface area (Å²) in [6.45, 7) is 3.01. The van der Waals surface area contributed by atoms with E-state index in [1.165, 1.54) is 12.8 Å². The second-order valence-corrected chi connectivity index (χ2v) is 4.84. The Morgan fingerprint density at radius 1 is 1.33 bits per heavy atom. The molecule has 1 amide bonds. The average molecular weight is 247 g/mol. The second kappa shape index (κ2) is 5.89. The minimum atomic E-state index is 0.254. The van der Waals surface area contributed by atoms with Crippen LogP contribution in [0, 0.1) is 0 Å². The Labute approximate surface area is 109 Å². The number of benzene rings is 1. The fourth-order valence-electron chi connectivity index (χ4n) is 2.16. The molecule has 0 atom stereocenters. The van der Waals surface area contributed by atoms with Gasteiger partial charge in [-0.25, -0.2) is 0 Å². The van der Waals surface area contributed by atoms with Gasteiger partial charge in [0.05, 0.1) is 13.5 Å². The van der Waals surface area contributed by atoms with Crippen molar-refractivity contribution in [2.45, 2.75) is 38.6 Å². The molecule has 1 fully saturated rings. The van der Waals surface area contributed by atoms with Crippen molar-refractivity contribution in [3.63, 3.8) is 0 Å². The van der Waals surface area contributed by atoms with Crippen molar-refractivity contribution in [3.8, 4) is 5.75 Å². The number of hydrogen-bond donors (Lipinski definition) is 0. The summed E-state index contributed by atoms with van der Waals surface area (Å²) >= 11 is 0. The van der Waals surface area contributed by atoms with Crippen LogP contribution in [0.2, 0.25) is 0 Å². The molecule has 2 rings (SSSR count). The zero-order valence-electron chi connectivity index (χ0n) is 11.2. The molecule has 1 aromatic rings. The van der Waals surface area contributed by atoms with Crippen molar-refractivity contribution in [1.82, 2.24) is 4.90 Å². The molecular weight excluding hydrogens is 226 g/mol. The molecule has 0 N–H and O–H groups in total. The first kappa shape index (κ1) is 12.9. The summed E-state index contributed by atoms with van der Waals surface area (Å²) < 4.78 is 5.11. The number of methoxy groups -OCH3 is 1. The second-order valence-electron chi connectivity index (χ2n) is 4.84. The highest BCUT2D eigenvalue weighted by atomic mass is 16.5. The maximum atomic E-state index is 12.2. The van der Waals surface area contributed by atoms with Crippen molar-refractivity contribution < 1.29 is 9.53 Å². The van der Waals surface area contributed by atoms with Gasteiger partial charge in [0, 0.05) is 12.6 Å². The molecule has 3 heteroatoms. The highest BCUT2D eigenvalue weighted by Gasteiger charge is 2.31. The molecule has 0 bridgehead atoms. The summed E-state index contributed by atoms with van der Waals surface area (Å²) in [7, 11) is 1.65. The Morgan fingerprint density at radius 3 is 2.50 bits per heavy atom. The maximum Gasteiger partial charge on any atom is 0.227 e. The zero-order chi connectivity index (χ0) is 13.0. The topological polar surface area (TPSA) is 29.5 Å². The van der Waals surface area contributed by atoms with Gasteiger partial charge >= 0.3 is 0 Å². The summed E-state index contributed by atoms with van der Waals surface area (Å²) in [5, 5.41) is 0. The lowest BCUT2D eigenvalue weighted by Gasteiger charge is -2.21. The average Bonchev–Trinajstić information content (AvgIpc) is 3.21. The Kier molecular flexibility index (Phi) is 4.24. The van der Waals surface area contributed by atoms with Gasteiger partial charge in [-0.05, 0) is 37.0 Å². The molecule has 0 aromatic heterocycles. The van der Waals surface area contributed by atoms with Crippen LogP contribution < -0.4 is 4.74 Å². The van der Waals surface area contributed by atoms with E-state index in [1.807, 2.05) is 29.2 Å². The van der Waals surface area contributed by atoms with Crippen molar-refractivity contribution >= 4 is 5.91 Å². The van der Waals surface area contributed by atoms with Gasteiger partial charge in [-0.1, -0.05) is 19.1 Å². The Balaban J connectivity index is 1.95. The molecule has 3 nitrogen and oxygen atoms in total. The third-order valence-electron chi connectivity index (χ3n) is 3.29. The lowest BCUT2D eigenvalue weighted by Crippen LogP contribution is -2.34. The summed E-state index contributed by atoms with van der Waals surface area (Å²) in [5.41, 5.74) is 1.06. The third-order valence-corrected chi connectivity index (χ3v) is 3.29. The van der Waals surface area contributed by atoms with Crippen LogP contribution in [0.1, 0.15) is 31.7 Å². The molecule has 18 heavy (non-hydrogen) atoms. The van der Waals surface area contributed by atoms with E-state index in [1.54, 1.807) is 7.11 Å². The molecule has 0 radical (unpaired) electrons. The molecule has 0 aliphatic heterocycles. The van der Waals surface area contributed by atoms with E-state index < -0.39 is 0 Å². The number of hydrogen-bond acceptors (Lipinski definition) is 2. The van der Waals surface area contributed by atoms with Gasteiger partial charge in [0.25, 0.3) is 0 Å². The van der Waals surface area contributed by atoms with Crippen molar-refractivity contribution in [2.24, 2.45) is 0 Å². The molecule has 0 spiro atoms. The zero-order valence-corrected chi connectivity index (χ0v) is 11.2. The van der Waals surface area contributed by atoms with Gasteiger partial charge in [-0.15, -0.1) is 0 Å². The van der Waals surface area contributed by atoms with Crippen LogP contribution in [0.4, 0.5) is 0 Å². The fraction of sp³-hybridized carbons (Fsp3) is 0.533. The van der Waals surface area contributed by atoms with Crippen LogP contribution in [0.5, 0.6) is 5.75 Å². The summed E-state index contributed by atoms with van der Waals surface area (Å²) in [6.07, 6.45) is 3.88. The number of amides is 1. The first-order valence-corrected chi connectivity index (χ1v) is 6.67. The van der Waals surface area contributed by atoms with Crippen LogP contribution in [0.3, 0.4) is 0 Å². The fourth-order valence-corrected chi connectivity index (χ4v) is 2.16. The normalized spacial score (nSPS) is 14.3. The van der Waals surface area contributed by atoms with Crippen LogP contribution in [-0.2, 0) is 11.2 Å². The van der Waals surface area contributed by atoms with E-state index in [-0.39, 0.29) is 5.91 Å². The SMILES string of the molecule is CCCN(C(=O)Cc1ccc(OC)cc1)C1CC1. The van der Waals surface area contributed by atoms with Crippen LogP contribution in [0.25, 0.3) is 0 Å². The van der Waals surface area contributed by atoms with Crippen LogP contribution >= 0.6 is 0 Å². The van der Waals surface area contributed by atoms with Gasteiger partial charge in [-0.3, -0.25) is 4.79 Å². The van der Waals surface area contributed by atoms with E-state index in [2.05, 4.69) is 6.92 Å². The number of rotatable bonds is 6. The Morgan fingerprint density at radius 2 is 2.00 bits per heavy atom. The predicted octanol–water partition coefficient (Wildman–Crippen LogP) is 2.64. The van der Waals surface area contributed by atoms with Gasteiger partial charge in [0.15, 0.2) is 0 Å².